The lowest BCUT2D eigenvalue weighted by Gasteiger charge is -2.51. The number of hydrogen-bond acceptors (Lipinski definition) is 3. The van der Waals surface area contributed by atoms with Gasteiger partial charge in [0.1, 0.15) is 11.4 Å². The fourth-order valence-corrected chi connectivity index (χ4v) is 5.29. The van der Waals surface area contributed by atoms with Crippen molar-refractivity contribution in [1.82, 2.24) is 4.90 Å². The third kappa shape index (κ3) is 1.10. The highest BCUT2D eigenvalue weighted by atomic mass is 16.3. The molecule has 0 bridgehead atoms. The minimum absolute atomic E-state index is 0.154. The Labute approximate surface area is 114 Å². The van der Waals surface area contributed by atoms with Gasteiger partial charge in [0.05, 0.1) is 0 Å². The molecular weight excluding hydrogens is 236 g/mol. The van der Waals surface area contributed by atoms with Gasteiger partial charge in [0, 0.05) is 24.7 Å². The Morgan fingerprint density at radius 1 is 1.11 bits per heavy atom. The Kier molecular flexibility index (Phi) is 2.11. The quantitative estimate of drug-likeness (QED) is 0.775. The van der Waals surface area contributed by atoms with E-state index < -0.39 is 0 Å². The molecule has 19 heavy (non-hydrogen) atoms. The van der Waals surface area contributed by atoms with Crippen molar-refractivity contribution in [3.05, 3.63) is 23.8 Å². The molecule has 1 saturated heterocycles. The van der Waals surface area contributed by atoms with Crippen molar-refractivity contribution >= 4 is 5.69 Å². The molecule has 1 saturated carbocycles. The van der Waals surface area contributed by atoms with Crippen molar-refractivity contribution in [2.45, 2.75) is 43.2 Å². The van der Waals surface area contributed by atoms with E-state index >= 15 is 0 Å². The number of anilines is 1. The first-order valence-corrected chi connectivity index (χ1v) is 7.40. The summed E-state index contributed by atoms with van der Waals surface area (Å²) < 4.78 is 0. The molecule has 3 heteroatoms. The van der Waals surface area contributed by atoms with Crippen LogP contribution in [0.15, 0.2) is 18.2 Å². The molecule has 3 aliphatic rings. The van der Waals surface area contributed by atoms with Crippen LogP contribution in [-0.2, 0) is 5.41 Å². The van der Waals surface area contributed by atoms with Crippen molar-refractivity contribution in [3.63, 3.8) is 0 Å². The molecule has 1 N–H and O–H groups in total. The van der Waals surface area contributed by atoms with E-state index in [2.05, 4.69) is 30.0 Å². The van der Waals surface area contributed by atoms with Crippen LogP contribution in [0.2, 0.25) is 0 Å². The molecule has 102 valence electrons. The smallest absolute Gasteiger partial charge is 0.116 e. The summed E-state index contributed by atoms with van der Waals surface area (Å²) in [5.74, 6) is 0.414. The number of benzene rings is 1. The molecule has 0 aromatic heterocycles. The van der Waals surface area contributed by atoms with Gasteiger partial charge in [0.15, 0.2) is 0 Å². The molecule has 2 aliphatic heterocycles. The van der Waals surface area contributed by atoms with Crippen LogP contribution in [0.1, 0.15) is 37.7 Å². The number of likely N-dealkylation sites (N-methyl/N-ethyl adjacent to an activating group) is 2. The van der Waals surface area contributed by atoms with Crippen molar-refractivity contribution < 1.29 is 5.11 Å². The third-order valence-corrected chi connectivity index (χ3v) is 6.06. The number of phenolic OH excluding ortho intramolecular Hbond substituents is 1. The van der Waals surface area contributed by atoms with Gasteiger partial charge in [-0.05, 0) is 56.5 Å². The summed E-state index contributed by atoms with van der Waals surface area (Å²) in [6.45, 7) is 1.17. The van der Waals surface area contributed by atoms with Gasteiger partial charge >= 0.3 is 0 Å². The zero-order valence-electron chi connectivity index (χ0n) is 11.8. The molecule has 0 spiro atoms. The van der Waals surface area contributed by atoms with Crippen molar-refractivity contribution in [2.75, 3.05) is 25.5 Å². The molecule has 2 heterocycles. The molecule has 1 aromatic rings. The van der Waals surface area contributed by atoms with E-state index in [4.69, 9.17) is 0 Å². The van der Waals surface area contributed by atoms with Crippen LogP contribution < -0.4 is 4.90 Å². The van der Waals surface area contributed by atoms with Crippen LogP contribution in [0.4, 0.5) is 5.69 Å². The van der Waals surface area contributed by atoms with Gasteiger partial charge in [-0.15, -0.1) is 0 Å². The SMILES string of the molecule is CN1CCC23CCCCC12N(C)c1ccc(O)cc13. The van der Waals surface area contributed by atoms with Gasteiger partial charge in [-0.3, -0.25) is 4.90 Å². The molecule has 3 nitrogen and oxygen atoms in total. The first kappa shape index (κ1) is 11.6. The molecule has 1 aliphatic carbocycles. The van der Waals surface area contributed by atoms with E-state index in [9.17, 15) is 5.11 Å². The van der Waals surface area contributed by atoms with Gasteiger partial charge in [-0.25, -0.2) is 0 Å². The average Bonchev–Trinajstić information content (AvgIpc) is 2.84. The van der Waals surface area contributed by atoms with E-state index in [1.165, 1.54) is 49.9 Å². The zero-order valence-corrected chi connectivity index (χ0v) is 11.8. The molecule has 2 unspecified atom stereocenters. The Hall–Kier alpha value is -1.22. The molecular formula is C16H22N2O. The van der Waals surface area contributed by atoms with Gasteiger partial charge in [-0.2, -0.15) is 0 Å². The first-order chi connectivity index (χ1) is 9.12. The third-order valence-electron chi connectivity index (χ3n) is 6.06. The van der Waals surface area contributed by atoms with Gasteiger partial charge in [0.25, 0.3) is 0 Å². The highest BCUT2D eigenvalue weighted by Gasteiger charge is 2.66. The molecule has 0 amide bonds. The van der Waals surface area contributed by atoms with Crippen LogP contribution >= 0.6 is 0 Å². The summed E-state index contributed by atoms with van der Waals surface area (Å²) in [7, 11) is 4.51. The fraction of sp³-hybridized carbons (Fsp3) is 0.625. The number of phenols is 1. The van der Waals surface area contributed by atoms with E-state index in [0.29, 0.717) is 5.75 Å². The Morgan fingerprint density at radius 2 is 1.89 bits per heavy atom. The van der Waals surface area contributed by atoms with Gasteiger partial charge in [-0.1, -0.05) is 6.42 Å². The number of aromatic hydroxyl groups is 1. The summed E-state index contributed by atoms with van der Waals surface area (Å²) in [6.07, 6.45) is 6.37. The lowest BCUT2D eigenvalue weighted by atomic mass is 9.64. The summed E-state index contributed by atoms with van der Waals surface area (Å²) >= 11 is 0. The van der Waals surface area contributed by atoms with E-state index in [1.807, 2.05) is 12.1 Å². The maximum atomic E-state index is 9.92. The molecule has 2 fully saturated rings. The largest absolute Gasteiger partial charge is 0.508 e. The highest BCUT2D eigenvalue weighted by molar-refractivity contribution is 5.69. The maximum Gasteiger partial charge on any atom is 0.116 e. The predicted molar refractivity (Wildman–Crippen MR) is 76.6 cm³/mol. The zero-order chi connectivity index (χ0) is 13.3. The summed E-state index contributed by atoms with van der Waals surface area (Å²) in [6, 6.07) is 5.96. The van der Waals surface area contributed by atoms with Crippen LogP contribution in [0.25, 0.3) is 0 Å². The summed E-state index contributed by atoms with van der Waals surface area (Å²) in [4.78, 5) is 5.05. The molecule has 1 aromatic carbocycles. The minimum Gasteiger partial charge on any atom is -0.508 e. The van der Waals surface area contributed by atoms with Gasteiger partial charge in [0.2, 0.25) is 0 Å². The average molecular weight is 258 g/mol. The summed E-state index contributed by atoms with van der Waals surface area (Å²) in [5, 5.41) is 9.92. The Bertz CT molecular complexity index is 540. The van der Waals surface area contributed by atoms with E-state index in [-0.39, 0.29) is 11.1 Å². The number of hydrogen-bond donors (Lipinski definition) is 1. The van der Waals surface area contributed by atoms with E-state index in [1.54, 1.807) is 0 Å². The Balaban J connectivity index is 2.01. The lowest BCUT2D eigenvalue weighted by Crippen LogP contribution is -2.62. The second kappa shape index (κ2) is 3.45. The number of fused-ring (bicyclic) bond motifs is 1. The summed E-state index contributed by atoms with van der Waals surface area (Å²) in [5.41, 5.74) is 3.11. The number of nitrogens with zero attached hydrogens (tertiary/aromatic N) is 2. The van der Waals surface area contributed by atoms with Crippen molar-refractivity contribution in [2.24, 2.45) is 0 Å². The van der Waals surface area contributed by atoms with Crippen LogP contribution in [0, 0.1) is 0 Å². The standard InChI is InChI=1S/C16H22N2O/c1-17-10-9-15-7-3-4-8-16(15,17)18(2)14-6-5-12(19)11-13(14)15/h5-6,11,19H,3-4,7-10H2,1-2H3. The number of likely N-dealkylation sites (tertiary alicyclic amines) is 1. The molecule has 4 rings (SSSR count). The second-order valence-corrected chi connectivity index (χ2v) is 6.54. The van der Waals surface area contributed by atoms with Crippen LogP contribution in [0.5, 0.6) is 5.75 Å². The monoisotopic (exact) mass is 258 g/mol. The van der Waals surface area contributed by atoms with Crippen LogP contribution in [0.3, 0.4) is 0 Å². The van der Waals surface area contributed by atoms with Crippen LogP contribution in [-0.4, -0.2) is 36.3 Å². The highest BCUT2D eigenvalue weighted by Crippen LogP contribution is 2.63. The number of rotatable bonds is 0. The fourth-order valence-electron chi connectivity index (χ4n) is 5.29. The second-order valence-electron chi connectivity index (χ2n) is 6.54. The van der Waals surface area contributed by atoms with E-state index in [0.717, 1.165) is 0 Å². The topological polar surface area (TPSA) is 26.7 Å². The Morgan fingerprint density at radius 3 is 2.74 bits per heavy atom. The lowest BCUT2D eigenvalue weighted by molar-refractivity contribution is 0.0732. The normalized spacial score (nSPS) is 37.1. The minimum atomic E-state index is 0.154. The van der Waals surface area contributed by atoms with Crippen molar-refractivity contribution in [1.29, 1.82) is 0 Å². The molecule has 2 atom stereocenters. The predicted octanol–water partition coefficient (Wildman–Crippen LogP) is 2.69. The van der Waals surface area contributed by atoms with Crippen molar-refractivity contribution in [3.8, 4) is 5.75 Å². The molecule has 0 radical (unpaired) electrons. The first-order valence-electron chi connectivity index (χ1n) is 7.40. The maximum absolute atomic E-state index is 9.92. The van der Waals surface area contributed by atoms with Gasteiger partial charge < -0.3 is 10.0 Å².